The molecule has 0 radical (unpaired) electrons. The van der Waals surface area contributed by atoms with Crippen LogP contribution in [-0.2, 0) is 11.2 Å². The number of anilines is 2. The molecule has 0 atom stereocenters. The predicted octanol–water partition coefficient (Wildman–Crippen LogP) is 3.56. The number of benzene rings is 1. The molecule has 1 aliphatic heterocycles. The number of piperazine rings is 1. The monoisotopic (exact) mass is 411 g/mol. The fourth-order valence-corrected chi connectivity index (χ4v) is 4.28. The molecule has 1 N–H and O–H groups in total. The molecular formula is C23H30FN5O. The topological polar surface area (TPSA) is 61.4 Å². The highest BCUT2D eigenvalue weighted by atomic mass is 19.1. The molecule has 0 spiro atoms. The van der Waals surface area contributed by atoms with Gasteiger partial charge < -0.3 is 15.1 Å². The van der Waals surface area contributed by atoms with E-state index < -0.39 is 0 Å². The first-order chi connectivity index (χ1) is 14.6. The van der Waals surface area contributed by atoms with Crippen LogP contribution in [0.4, 0.5) is 16.2 Å². The van der Waals surface area contributed by atoms with Crippen LogP contribution in [0, 0.1) is 12.7 Å². The third-order valence-corrected chi connectivity index (χ3v) is 6.00. The summed E-state index contributed by atoms with van der Waals surface area (Å²) in [5.74, 6) is 1.44. The number of hydrogen-bond acceptors (Lipinski definition) is 5. The molecule has 2 aromatic rings. The maximum atomic E-state index is 13.1. The maximum absolute atomic E-state index is 13.1. The molecular weight excluding hydrogens is 381 g/mol. The number of rotatable bonds is 5. The number of hydrogen-bond donors (Lipinski definition) is 1. The van der Waals surface area contributed by atoms with E-state index in [1.807, 2.05) is 17.9 Å². The number of aryl methyl sites for hydroxylation is 1. The first-order valence-electron chi connectivity index (χ1n) is 11.0. The molecule has 160 valence electrons. The molecule has 6 nitrogen and oxygen atoms in total. The Morgan fingerprint density at radius 3 is 2.47 bits per heavy atom. The van der Waals surface area contributed by atoms with Gasteiger partial charge in [0.2, 0.25) is 11.9 Å². The number of nitrogens with zero attached hydrogens (tertiary/aromatic N) is 4. The molecule has 1 saturated carbocycles. The van der Waals surface area contributed by atoms with Crippen molar-refractivity contribution in [3.63, 3.8) is 0 Å². The van der Waals surface area contributed by atoms with Gasteiger partial charge in [-0.15, -0.1) is 0 Å². The summed E-state index contributed by atoms with van der Waals surface area (Å²) < 4.78 is 13.1. The van der Waals surface area contributed by atoms with Crippen molar-refractivity contribution in [2.45, 2.75) is 51.5 Å². The minimum absolute atomic E-state index is 0.0831. The van der Waals surface area contributed by atoms with E-state index in [9.17, 15) is 9.18 Å². The second kappa shape index (κ2) is 9.41. The molecule has 2 heterocycles. The van der Waals surface area contributed by atoms with Crippen LogP contribution in [0.5, 0.6) is 0 Å². The average molecular weight is 412 g/mol. The summed E-state index contributed by atoms with van der Waals surface area (Å²) in [6.07, 6.45) is 6.53. The lowest BCUT2D eigenvalue weighted by Gasteiger charge is -2.35. The molecule has 0 bridgehead atoms. The summed E-state index contributed by atoms with van der Waals surface area (Å²) in [7, 11) is 0. The third-order valence-electron chi connectivity index (χ3n) is 6.00. The van der Waals surface area contributed by atoms with Crippen molar-refractivity contribution in [2.75, 3.05) is 36.4 Å². The van der Waals surface area contributed by atoms with E-state index in [4.69, 9.17) is 4.98 Å². The van der Waals surface area contributed by atoms with Gasteiger partial charge in [-0.25, -0.2) is 9.37 Å². The van der Waals surface area contributed by atoms with Crippen LogP contribution in [0.25, 0.3) is 0 Å². The van der Waals surface area contributed by atoms with Gasteiger partial charge in [0, 0.05) is 44.0 Å². The zero-order valence-corrected chi connectivity index (χ0v) is 17.6. The van der Waals surface area contributed by atoms with Crippen molar-refractivity contribution >= 4 is 17.7 Å². The van der Waals surface area contributed by atoms with Crippen LogP contribution < -0.4 is 10.2 Å². The van der Waals surface area contributed by atoms with Crippen LogP contribution >= 0.6 is 0 Å². The van der Waals surface area contributed by atoms with E-state index in [1.165, 1.54) is 44.2 Å². The summed E-state index contributed by atoms with van der Waals surface area (Å²) in [5.41, 5.74) is 1.79. The number of nitrogens with one attached hydrogen (secondary N) is 1. The van der Waals surface area contributed by atoms with Crippen LogP contribution in [0.15, 0.2) is 30.3 Å². The van der Waals surface area contributed by atoms with Gasteiger partial charge in [-0.05, 0) is 37.5 Å². The normalized spacial score (nSPS) is 17.8. The second-order valence-corrected chi connectivity index (χ2v) is 8.34. The summed E-state index contributed by atoms with van der Waals surface area (Å²) in [6.45, 7) is 4.81. The Balaban J connectivity index is 1.34. The van der Waals surface area contributed by atoms with Crippen molar-refractivity contribution in [2.24, 2.45) is 0 Å². The Morgan fingerprint density at radius 1 is 1.07 bits per heavy atom. The second-order valence-electron chi connectivity index (χ2n) is 8.34. The molecule has 1 amide bonds. The third kappa shape index (κ3) is 5.26. The fourth-order valence-electron chi connectivity index (χ4n) is 4.28. The number of carbonyl (C=O) groups excluding carboxylic acids is 1. The van der Waals surface area contributed by atoms with Gasteiger partial charge in [0.1, 0.15) is 11.6 Å². The smallest absolute Gasteiger partial charge is 0.227 e. The number of aromatic nitrogens is 2. The van der Waals surface area contributed by atoms with Gasteiger partial charge in [-0.1, -0.05) is 31.4 Å². The van der Waals surface area contributed by atoms with Crippen molar-refractivity contribution in [1.29, 1.82) is 0 Å². The Labute approximate surface area is 177 Å². The molecule has 2 aliphatic rings. The highest BCUT2D eigenvalue weighted by Crippen LogP contribution is 2.22. The van der Waals surface area contributed by atoms with Gasteiger partial charge in [0.05, 0.1) is 6.42 Å². The van der Waals surface area contributed by atoms with Crippen LogP contribution in [-0.4, -0.2) is 53.0 Å². The predicted molar refractivity (Wildman–Crippen MR) is 116 cm³/mol. The molecule has 1 aromatic heterocycles. The Morgan fingerprint density at radius 2 is 1.77 bits per heavy atom. The lowest BCUT2D eigenvalue weighted by atomic mass is 9.96. The van der Waals surface area contributed by atoms with E-state index in [2.05, 4.69) is 15.2 Å². The minimum atomic E-state index is -0.280. The molecule has 4 rings (SSSR count). The van der Waals surface area contributed by atoms with Gasteiger partial charge in [0.25, 0.3) is 0 Å². The molecule has 1 aromatic carbocycles. The Kier molecular flexibility index (Phi) is 6.45. The van der Waals surface area contributed by atoms with E-state index >= 15 is 0 Å². The quantitative estimate of drug-likeness (QED) is 0.815. The number of amides is 1. The van der Waals surface area contributed by atoms with Crippen LogP contribution in [0.1, 0.15) is 43.4 Å². The molecule has 30 heavy (non-hydrogen) atoms. The number of halogens is 1. The molecule has 1 aliphatic carbocycles. The van der Waals surface area contributed by atoms with Crippen molar-refractivity contribution in [3.8, 4) is 0 Å². The van der Waals surface area contributed by atoms with Crippen molar-refractivity contribution in [1.82, 2.24) is 14.9 Å². The van der Waals surface area contributed by atoms with Crippen LogP contribution in [0.3, 0.4) is 0 Å². The number of carbonyl (C=O) groups is 1. The maximum Gasteiger partial charge on any atom is 0.227 e. The zero-order valence-electron chi connectivity index (χ0n) is 17.6. The molecule has 0 unspecified atom stereocenters. The summed E-state index contributed by atoms with van der Waals surface area (Å²) in [6, 6.07) is 8.63. The first kappa shape index (κ1) is 20.6. The van der Waals surface area contributed by atoms with E-state index in [0.717, 1.165) is 30.2 Å². The fraction of sp³-hybridized carbons (Fsp3) is 0.522. The lowest BCUT2D eigenvalue weighted by Crippen LogP contribution is -2.49. The summed E-state index contributed by atoms with van der Waals surface area (Å²) >= 11 is 0. The highest BCUT2D eigenvalue weighted by Gasteiger charge is 2.23. The molecule has 1 saturated heterocycles. The van der Waals surface area contributed by atoms with Crippen molar-refractivity contribution < 1.29 is 9.18 Å². The largest absolute Gasteiger partial charge is 0.353 e. The molecule has 7 heteroatoms. The summed E-state index contributed by atoms with van der Waals surface area (Å²) in [4.78, 5) is 26.1. The zero-order chi connectivity index (χ0) is 20.9. The van der Waals surface area contributed by atoms with E-state index in [1.54, 1.807) is 12.1 Å². The highest BCUT2D eigenvalue weighted by molar-refractivity contribution is 5.79. The standard InChI is InChI=1S/C23H30FN5O/c1-17-15-21(27-23(25-17)26-20-5-3-2-4-6-20)28-11-13-29(14-12-28)22(30)16-18-7-9-19(24)10-8-18/h7-10,15,20H,2-6,11-14,16H2,1H3,(H,25,26,27). The first-order valence-corrected chi connectivity index (χ1v) is 11.0. The Bertz CT molecular complexity index is 858. The minimum Gasteiger partial charge on any atom is -0.353 e. The SMILES string of the molecule is Cc1cc(N2CCN(C(=O)Cc3ccc(F)cc3)CC2)nc(NC2CCCCC2)n1. The molecule has 2 fully saturated rings. The Hall–Kier alpha value is -2.70. The summed E-state index contributed by atoms with van der Waals surface area (Å²) in [5, 5.41) is 3.52. The van der Waals surface area contributed by atoms with Crippen LogP contribution in [0.2, 0.25) is 0 Å². The van der Waals surface area contributed by atoms with E-state index in [-0.39, 0.29) is 11.7 Å². The lowest BCUT2D eigenvalue weighted by molar-refractivity contribution is -0.130. The average Bonchev–Trinajstić information content (AvgIpc) is 2.76. The van der Waals surface area contributed by atoms with Gasteiger partial charge >= 0.3 is 0 Å². The van der Waals surface area contributed by atoms with Gasteiger partial charge in [-0.2, -0.15) is 4.98 Å². The van der Waals surface area contributed by atoms with Gasteiger partial charge in [0.15, 0.2) is 0 Å². The van der Waals surface area contributed by atoms with Gasteiger partial charge in [-0.3, -0.25) is 4.79 Å². The van der Waals surface area contributed by atoms with Crippen molar-refractivity contribution in [3.05, 3.63) is 47.4 Å². The van der Waals surface area contributed by atoms with E-state index in [0.29, 0.717) is 31.5 Å².